The normalized spacial score (nSPS) is 11.2. The van der Waals surface area contributed by atoms with Crippen molar-refractivity contribution in [3.63, 3.8) is 0 Å². The first-order chi connectivity index (χ1) is 9.08. The Labute approximate surface area is 131 Å². The lowest BCUT2D eigenvalue weighted by Gasteiger charge is -2.26. The van der Waals surface area contributed by atoms with E-state index in [0.29, 0.717) is 14.2 Å². The van der Waals surface area contributed by atoms with Crippen molar-refractivity contribution in [1.82, 2.24) is 4.90 Å². The van der Waals surface area contributed by atoms with Gasteiger partial charge in [0.15, 0.2) is 0 Å². The van der Waals surface area contributed by atoms with Crippen molar-refractivity contribution in [2.45, 2.75) is 32.9 Å². The Morgan fingerprint density at radius 2 is 2.00 bits per heavy atom. The van der Waals surface area contributed by atoms with E-state index in [4.69, 9.17) is 33.0 Å². The standard InChI is InChI=1S/C12H15Cl2NO4S/c1-12(2,3)19-11(18)15(6-9(16)17)5-7-4-8(13)20-10(7)14/h4H,5-6H2,1-3H3,(H,16,17). The highest BCUT2D eigenvalue weighted by Crippen LogP contribution is 2.32. The minimum Gasteiger partial charge on any atom is -0.480 e. The molecular formula is C12H15Cl2NO4S. The zero-order valence-electron chi connectivity index (χ0n) is 11.3. The number of ether oxygens (including phenoxy) is 1. The van der Waals surface area contributed by atoms with E-state index in [1.165, 1.54) is 0 Å². The first kappa shape index (κ1) is 17.1. The second kappa shape index (κ2) is 6.65. The monoisotopic (exact) mass is 339 g/mol. The number of rotatable bonds is 4. The highest BCUT2D eigenvalue weighted by atomic mass is 35.5. The van der Waals surface area contributed by atoms with Crippen LogP contribution in [0.4, 0.5) is 4.79 Å². The van der Waals surface area contributed by atoms with Gasteiger partial charge in [-0.15, -0.1) is 11.3 Å². The number of aliphatic carboxylic acids is 1. The van der Waals surface area contributed by atoms with E-state index in [0.717, 1.165) is 16.2 Å². The molecule has 0 saturated heterocycles. The van der Waals surface area contributed by atoms with Crippen molar-refractivity contribution in [3.8, 4) is 0 Å². The van der Waals surface area contributed by atoms with Crippen LogP contribution in [0.2, 0.25) is 8.67 Å². The number of thiophene rings is 1. The molecule has 5 nitrogen and oxygen atoms in total. The van der Waals surface area contributed by atoms with Gasteiger partial charge in [0.05, 0.1) is 15.2 Å². The number of carboxylic acid groups (broad SMARTS) is 1. The van der Waals surface area contributed by atoms with Gasteiger partial charge in [-0.05, 0) is 26.8 Å². The van der Waals surface area contributed by atoms with Crippen LogP contribution in [0.3, 0.4) is 0 Å². The maximum absolute atomic E-state index is 12.0. The van der Waals surface area contributed by atoms with Crippen LogP contribution in [0.5, 0.6) is 0 Å². The molecule has 20 heavy (non-hydrogen) atoms. The molecule has 1 aromatic heterocycles. The van der Waals surface area contributed by atoms with E-state index in [1.807, 2.05) is 0 Å². The summed E-state index contributed by atoms with van der Waals surface area (Å²) in [5.74, 6) is -1.13. The SMILES string of the molecule is CC(C)(C)OC(=O)N(CC(=O)O)Cc1cc(Cl)sc1Cl. The van der Waals surface area contributed by atoms with E-state index in [1.54, 1.807) is 26.8 Å². The second-order valence-corrected chi connectivity index (χ2v) is 7.37. The molecule has 1 aromatic rings. The number of halogens is 2. The molecule has 0 unspecified atom stereocenters. The molecule has 0 atom stereocenters. The Bertz CT molecular complexity index is 510. The molecule has 0 saturated carbocycles. The van der Waals surface area contributed by atoms with Gasteiger partial charge in [0.25, 0.3) is 0 Å². The quantitative estimate of drug-likeness (QED) is 0.903. The maximum atomic E-state index is 12.0. The molecule has 0 aliphatic carbocycles. The predicted molar refractivity (Wildman–Crippen MR) is 78.6 cm³/mol. The molecule has 0 aromatic carbocycles. The molecule has 0 bridgehead atoms. The smallest absolute Gasteiger partial charge is 0.411 e. The van der Waals surface area contributed by atoms with E-state index in [2.05, 4.69) is 0 Å². The Morgan fingerprint density at radius 1 is 1.40 bits per heavy atom. The molecule has 112 valence electrons. The third-order valence-corrected chi connectivity index (χ3v) is 3.64. The highest BCUT2D eigenvalue weighted by Gasteiger charge is 2.25. The number of carbonyl (C=O) groups is 2. The average molecular weight is 340 g/mol. The summed E-state index contributed by atoms with van der Waals surface area (Å²) < 4.78 is 6.07. The zero-order valence-corrected chi connectivity index (χ0v) is 13.6. The van der Waals surface area contributed by atoms with E-state index in [-0.39, 0.29) is 6.54 Å². The Kier molecular flexibility index (Phi) is 5.68. The van der Waals surface area contributed by atoms with E-state index < -0.39 is 24.2 Å². The molecule has 1 heterocycles. The highest BCUT2D eigenvalue weighted by molar-refractivity contribution is 7.20. The molecule has 1 amide bonds. The van der Waals surface area contributed by atoms with Crippen LogP contribution in [-0.4, -0.2) is 34.2 Å². The van der Waals surface area contributed by atoms with Gasteiger partial charge in [0, 0.05) is 5.56 Å². The largest absolute Gasteiger partial charge is 0.480 e. The number of hydrogen-bond donors (Lipinski definition) is 1. The fraction of sp³-hybridized carbons (Fsp3) is 0.500. The summed E-state index contributed by atoms with van der Waals surface area (Å²) in [7, 11) is 0. The van der Waals surface area contributed by atoms with Gasteiger partial charge in [0.1, 0.15) is 12.1 Å². The summed E-state index contributed by atoms with van der Waals surface area (Å²) in [6, 6.07) is 1.60. The van der Waals surface area contributed by atoms with Gasteiger partial charge in [0.2, 0.25) is 0 Å². The van der Waals surface area contributed by atoms with Crippen LogP contribution in [0, 0.1) is 0 Å². The second-order valence-electron chi connectivity index (χ2n) is 5.08. The van der Waals surface area contributed by atoms with Crippen LogP contribution < -0.4 is 0 Å². The fourth-order valence-corrected chi connectivity index (χ4v) is 2.83. The van der Waals surface area contributed by atoms with E-state index >= 15 is 0 Å². The molecule has 0 aliphatic heterocycles. The van der Waals surface area contributed by atoms with Crippen molar-refractivity contribution in [2.75, 3.05) is 6.54 Å². The molecular weight excluding hydrogens is 325 g/mol. The minimum atomic E-state index is -1.13. The van der Waals surface area contributed by atoms with Crippen LogP contribution >= 0.6 is 34.5 Å². The summed E-state index contributed by atoms with van der Waals surface area (Å²) in [6.07, 6.45) is -0.710. The Balaban J connectivity index is 2.87. The fourth-order valence-electron chi connectivity index (χ4n) is 1.36. The van der Waals surface area contributed by atoms with E-state index in [9.17, 15) is 9.59 Å². The van der Waals surface area contributed by atoms with Gasteiger partial charge >= 0.3 is 12.1 Å². The van der Waals surface area contributed by atoms with Crippen molar-refractivity contribution in [1.29, 1.82) is 0 Å². The topological polar surface area (TPSA) is 66.8 Å². The Hall–Kier alpha value is -0.980. The average Bonchev–Trinajstić information content (AvgIpc) is 2.53. The number of carbonyl (C=O) groups excluding carboxylic acids is 1. The lowest BCUT2D eigenvalue weighted by atomic mass is 10.2. The first-order valence-electron chi connectivity index (χ1n) is 5.72. The van der Waals surface area contributed by atoms with Gasteiger partial charge in [-0.3, -0.25) is 9.69 Å². The van der Waals surface area contributed by atoms with Gasteiger partial charge in [-0.1, -0.05) is 23.2 Å². The molecule has 0 radical (unpaired) electrons. The Morgan fingerprint density at radius 3 is 2.40 bits per heavy atom. The number of carboxylic acids is 1. The third kappa shape index (κ3) is 5.56. The molecule has 8 heteroatoms. The summed E-state index contributed by atoms with van der Waals surface area (Å²) in [5, 5.41) is 8.88. The van der Waals surface area contributed by atoms with Crippen molar-refractivity contribution in [2.24, 2.45) is 0 Å². The molecule has 1 rings (SSSR count). The lowest BCUT2D eigenvalue weighted by Crippen LogP contribution is -2.39. The van der Waals surface area contributed by atoms with Crippen molar-refractivity contribution < 1.29 is 19.4 Å². The van der Waals surface area contributed by atoms with Crippen LogP contribution in [-0.2, 0) is 16.1 Å². The lowest BCUT2D eigenvalue weighted by molar-refractivity contribution is -0.138. The summed E-state index contributed by atoms with van der Waals surface area (Å²) >= 11 is 13.0. The summed E-state index contributed by atoms with van der Waals surface area (Å²) in [5.41, 5.74) is -0.113. The van der Waals surface area contributed by atoms with Crippen LogP contribution in [0.15, 0.2) is 6.07 Å². The predicted octanol–water partition coefficient (Wildman–Crippen LogP) is 3.88. The van der Waals surface area contributed by atoms with Crippen LogP contribution in [0.25, 0.3) is 0 Å². The van der Waals surface area contributed by atoms with Gasteiger partial charge in [-0.25, -0.2) is 4.79 Å². The number of hydrogen-bond acceptors (Lipinski definition) is 4. The maximum Gasteiger partial charge on any atom is 0.411 e. The first-order valence-corrected chi connectivity index (χ1v) is 7.29. The molecule has 0 spiro atoms. The summed E-state index contributed by atoms with van der Waals surface area (Å²) in [4.78, 5) is 23.9. The van der Waals surface area contributed by atoms with Crippen molar-refractivity contribution in [3.05, 3.63) is 20.3 Å². The molecule has 0 fully saturated rings. The molecule has 1 N–H and O–H groups in total. The molecule has 0 aliphatic rings. The summed E-state index contributed by atoms with van der Waals surface area (Å²) in [6.45, 7) is 4.68. The van der Waals surface area contributed by atoms with Crippen LogP contribution in [0.1, 0.15) is 26.3 Å². The van der Waals surface area contributed by atoms with Gasteiger partial charge < -0.3 is 9.84 Å². The van der Waals surface area contributed by atoms with Crippen molar-refractivity contribution >= 4 is 46.6 Å². The minimum absolute atomic E-state index is 0.0310. The number of nitrogens with zero attached hydrogens (tertiary/aromatic N) is 1. The zero-order chi connectivity index (χ0) is 15.5. The van der Waals surface area contributed by atoms with Gasteiger partial charge in [-0.2, -0.15) is 0 Å². The third-order valence-electron chi connectivity index (χ3n) is 2.07. The number of amides is 1.